The van der Waals surface area contributed by atoms with Crippen LogP contribution in [-0.2, 0) is 0 Å². The minimum absolute atomic E-state index is 0.287. The Labute approximate surface area is 158 Å². The molecular weight excluding hydrogens is 448 g/mol. The number of halogens is 12. The van der Waals surface area contributed by atoms with Crippen molar-refractivity contribution in [1.29, 1.82) is 0 Å². The summed E-state index contributed by atoms with van der Waals surface area (Å²) in [5.41, 5.74) is -8.82. The summed E-state index contributed by atoms with van der Waals surface area (Å²) in [4.78, 5) is 4.91. The molecule has 0 aliphatic rings. The highest BCUT2D eigenvalue weighted by atomic mass is 19.4. The molecule has 0 spiro atoms. The number of rotatable bonds is 2. The molecule has 0 heterocycles. The molecule has 0 aliphatic heterocycles. The predicted octanol–water partition coefficient (Wildman–Crippen LogP) is 7.23. The van der Waals surface area contributed by atoms with Gasteiger partial charge in [0.1, 0.15) is 0 Å². The van der Waals surface area contributed by atoms with Crippen LogP contribution in [0.25, 0.3) is 10.8 Å². The van der Waals surface area contributed by atoms with Crippen molar-refractivity contribution in [3.63, 3.8) is 0 Å². The van der Waals surface area contributed by atoms with Gasteiger partial charge in [-0.25, -0.2) is 9.98 Å². The molecule has 0 saturated heterocycles. The van der Waals surface area contributed by atoms with Crippen LogP contribution in [0.5, 0.6) is 0 Å². The molecule has 0 amide bonds. The fourth-order valence-corrected chi connectivity index (χ4v) is 2.30. The largest absolute Gasteiger partial charge is 0.438 e. The van der Waals surface area contributed by atoms with Crippen molar-refractivity contribution in [1.82, 2.24) is 0 Å². The Kier molecular flexibility index (Phi) is 5.84. The zero-order chi connectivity index (χ0) is 23.1. The molecule has 0 atom stereocenters. The lowest BCUT2D eigenvalue weighted by atomic mass is 10.1. The van der Waals surface area contributed by atoms with Gasteiger partial charge in [-0.15, -0.1) is 0 Å². The van der Waals surface area contributed by atoms with Gasteiger partial charge in [0, 0.05) is 5.39 Å². The lowest BCUT2D eigenvalue weighted by molar-refractivity contribution is -0.119. The summed E-state index contributed by atoms with van der Waals surface area (Å²) >= 11 is 0. The second-order valence-electron chi connectivity index (χ2n) is 5.56. The van der Waals surface area contributed by atoms with Gasteiger partial charge in [-0.05, 0) is 17.5 Å². The molecule has 0 aromatic heterocycles. The molecule has 2 rings (SSSR count). The standard InChI is InChI=1S/C16H6F12N2/c17-13(18,19)11(14(20,21)22)29-8-5-1-3-7-4-2-6-9(10(7)8)30-12(15(23,24)25)16(26,27)28/h1-6H. The Morgan fingerprint density at radius 3 is 1.07 bits per heavy atom. The van der Waals surface area contributed by atoms with Gasteiger partial charge in [-0.3, -0.25) is 0 Å². The first-order valence-electron chi connectivity index (χ1n) is 7.40. The first-order chi connectivity index (χ1) is 13.4. The van der Waals surface area contributed by atoms with Crippen molar-refractivity contribution in [2.45, 2.75) is 24.7 Å². The van der Waals surface area contributed by atoms with Gasteiger partial charge >= 0.3 is 24.7 Å². The third kappa shape index (κ3) is 5.21. The quantitative estimate of drug-likeness (QED) is 0.338. The molecule has 2 nitrogen and oxygen atoms in total. The molecule has 0 saturated carbocycles. The number of hydrogen-bond donors (Lipinski definition) is 0. The Bertz CT molecular complexity index is 882. The third-order valence-corrected chi connectivity index (χ3v) is 3.40. The smallest absolute Gasteiger partial charge is 0.239 e. The first-order valence-corrected chi connectivity index (χ1v) is 7.40. The van der Waals surface area contributed by atoms with Crippen LogP contribution in [0, 0.1) is 0 Å². The van der Waals surface area contributed by atoms with Gasteiger partial charge in [0.25, 0.3) is 0 Å². The summed E-state index contributed by atoms with van der Waals surface area (Å²) in [6, 6.07) is 5.06. The summed E-state index contributed by atoms with van der Waals surface area (Å²) in [6.45, 7) is 0. The van der Waals surface area contributed by atoms with Crippen molar-refractivity contribution in [3.05, 3.63) is 36.4 Å². The highest BCUT2D eigenvalue weighted by Crippen LogP contribution is 2.40. The highest BCUT2D eigenvalue weighted by molar-refractivity contribution is 6.07. The molecule has 14 heteroatoms. The summed E-state index contributed by atoms with van der Waals surface area (Å²) in [5.74, 6) is 0. The Morgan fingerprint density at radius 1 is 0.500 bits per heavy atom. The Hall–Kier alpha value is -2.80. The summed E-state index contributed by atoms with van der Waals surface area (Å²) in [6.07, 6.45) is -24.0. The van der Waals surface area contributed by atoms with Crippen molar-refractivity contribution >= 4 is 33.6 Å². The van der Waals surface area contributed by atoms with Gasteiger partial charge in [0.2, 0.25) is 11.4 Å². The average Bonchev–Trinajstić information content (AvgIpc) is 2.53. The van der Waals surface area contributed by atoms with E-state index in [-0.39, 0.29) is 5.39 Å². The zero-order valence-electron chi connectivity index (χ0n) is 13.9. The van der Waals surface area contributed by atoms with Crippen molar-refractivity contribution in [2.24, 2.45) is 9.98 Å². The molecule has 2 aromatic carbocycles. The maximum atomic E-state index is 12.7. The van der Waals surface area contributed by atoms with E-state index in [9.17, 15) is 52.7 Å². The maximum absolute atomic E-state index is 12.7. The molecular formula is C16H6F12N2. The fourth-order valence-electron chi connectivity index (χ4n) is 2.30. The lowest BCUT2D eigenvalue weighted by Gasteiger charge is -2.16. The van der Waals surface area contributed by atoms with Gasteiger partial charge in [0.05, 0.1) is 11.4 Å². The van der Waals surface area contributed by atoms with E-state index >= 15 is 0 Å². The first kappa shape index (κ1) is 23.5. The second-order valence-corrected chi connectivity index (χ2v) is 5.56. The van der Waals surface area contributed by atoms with Gasteiger partial charge in [-0.2, -0.15) is 52.7 Å². The van der Waals surface area contributed by atoms with Crippen molar-refractivity contribution < 1.29 is 52.7 Å². The minimum Gasteiger partial charge on any atom is -0.239 e. The topological polar surface area (TPSA) is 24.7 Å². The minimum atomic E-state index is -6.00. The fraction of sp³-hybridized carbons (Fsp3) is 0.250. The lowest BCUT2D eigenvalue weighted by Crippen LogP contribution is -2.37. The van der Waals surface area contributed by atoms with Crippen LogP contribution in [0.3, 0.4) is 0 Å². The van der Waals surface area contributed by atoms with E-state index in [2.05, 4.69) is 9.98 Å². The second kappa shape index (κ2) is 7.47. The van der Waals surface area contributed by atoms with Gasteiger partial charge in [-0.1, -0.05) is 24.3 Å². The van der Waals surface area contributed by atoms with E-state index in [0.29, 0.717) is 12.1 Å². The van der Waals surface area contributed by atoms with Crippen LogP contribution < -0.4 is 0 Å². The van der Waals surface area contributed by atoms with E-state index in [1.165, 1.54) is 0 Å². The van der Waals surface area contributed by atoms with Gasteiger partial charge < -0.3 is 0 Å². The highest BCUT2D eigenvalue weighted by Gasteiger charge is 2.54. The van der Waals surface area contributed by atoms with Crippen LogP contribution in [0.1, 0.15) is 0 Å². The Morgan fingerprint density at radius 2 is 0.800 bits per heavy atom. The molecule has 0 aliphatic carbocycles. The predicted molar refractivity (Wildman–Crippen MR) is 82.4 cm³/mol. The average molecular weight is 454 g/mol. The number of benzene rings is 2. The van der Waals surface area contributed by atoms with Gasteiger partial charge in [0.15, 0.2) is 0 Å². The number of fused-ring (bicyclic) bond motifs is 1. The number of alkyl halides is 12. The van der Waals surface area contributed by atoms with Crippen LogP contribution in [-0.4, -0.2) is 36.1 Å². The molecule has 30 heavy (non-hydrogen) atoms. The van der Waals surface area contributed by atoms with Crippen LogP contribution in [0.4, 0.5) is 64.1 Å². The van der Waals surface area contributed by atoms with Crippen molar-refractivity contribution in [2.75, 3.05) is 0 Å². The van der Waals surface area contributed by atoms with E-state index in [0.717, 1.165) is 24.3 Å². The van der Waals surface area contributed by atoms with Crippen LogP contribution in [0.15, 0.2) is 46.4 Å². The molecule has 0 N–H and O–H groups in total. The SMILES string of the molecule is FC(F)(F)C(=Nc1cccc2cccc(N=C(C(F)(F)F)C(F)(F)F)c12)C(F)(F)F. The summed E-state index contributed by atoms with van der Waals surface area (Å²) < 4.78 is 153. The summed E-state index contributed by atoms with van der Waals surface area (Å²) in [7, 11) is 0. The third-order valence-electron chi connectivity index (χ3n) is 3.40. The number of aliphatic imine (C=N–C) groups is 2. The zero-order valence-corrected chi connectivity index (χ0v) is 13.9. The maximum Gasteiger partial charge on any atom is 0.438 e. The Balaban J connectivity index is 2.90. The molecule has 0 unspecified atom stereocenters. The summed E-state index contributed by atoms with van der Waals surface area (Å²) in [5, 5.41) is -1.15. The molecule has 164 valence electrons. The van der Waals surface area contributed by atoms with E-state index in [1.807, 2.05) is 0 Å². The number of nitrogens with zero attached hydrogens (tertiary/aromatic N) is 2. The molecule has 2 aromatic rings. The van der Waals surface area contributed by atoms with E-state index in [1.54, 1.807) is 0 Å². The number of hydrogen-bond acceptors (Lipinski definition) is 2. The molecule has 0 radical (unpaired) electrons. The normalized spacial score (nSPS) is 13.3. The molecule has 0 bridgehead atoms. The van der Waals surface area contributed by atoms with E-state index in [4.69, 9.17) is 0 Å². The van der Waals surface area contributed by atoms with Crippen LogP contribution >= 0.6 is 0 Å². The monoisotopic (exact) mass is 454 g/mol. The van der Waals surface area contributed by atoms with E-state index < -0.39 is 52.9 Å². The van der Waals surface area contributed by atoms with Crippen LogP contribution in [0.2, 0.25) is 0 Å². The molecule has 0 fully saturated rings. The van der Waals surface area contributed by atoms with Crippen molar-refractivity contribution in [3.8, 4) is 0 Å².